The molecule has 144 valence electrons. The first-order valence-corrected chi connectivity index (χ1v) is 9.98. The molecule has 7 nitrogen and oxygen atoms in total. The third-order valence-electron chi connectivity index (χ3n) is 4.69. The summed E-state index contributed by atoms with van der Waals surface area (Å²) in [5.74, 6) is -1.47. The highest BCUT2D eigenvalue weighted by Crippen LogP contribution is 2.22. The average Bonchev–Trinajstić information content (AvgIpc) is 3.03. The van der Waals surface area contributed by atoms with Crippen LogP contribution in [0, 0.1) is 0 Å². The van der Waals surface area contributed by atoms with Gasteiger partial charge < -0.3 is 10.4 Å². The molecule has 0 spiro atoms. The number of nitrogens with one attached hydrogen (secondary N) is 1. The number of carbonyl (C=O) groups excluding carboxylic acids is 1. The monoisotopic (exact) mass is 388 g/mol. The van der Waals surface area contributed by atoms with Gasteiger partial charge in [-0.05, 0) is 31.9 Å². The number of rotatable bonds is 5. The molecule has 1 fully saturated rings. The molecule has 1 saturated carbocycles. The van der Waals surface area contributed by atoms with Crippen molar-refractivity contribution in [2.45, 2.75) is 51.1 Å². The third kappa shape index (κ3) is 4.82. The fourth-order valence-corrected chi connectivity index (χ4v) is 4.02. The summed E-state index contributed by atoms with van der Waals surface area (Å²) in [4.78, 5) is 28.7. The number of amides is 1. The molecule has 1 aliphatic carbocycles. The number of carbonyl (C=O) groups is 2. The first-order chi connectivity index (χ1) is 12.9. The molecule has 0 bridgehead atoms. The molecule has 2 N–H and O–H groups in total. The topological polar surface area (TPSA) is 96.6 Å². The zero-order valence-electron chi connectivity index (χ0n) is 15.5. The lowest BCUT2D eigenvalue weighted by molar-refractivity contribution is -0.138. The lowest BCUT2D eigenvalue weighted by Crippen LogP contribution is -2.38. The Morgan fingerprint density at radius 3 is 2.56 bits per heavy atom. The Morgan fingerprint density at radius 1 is 1.26 bits per heavy atom. The molecule has 1 heterocycles. The van der Waals surface area contributed by atoms with Crippen LogP contribution in [0.15, 0.2) is 29.3 Å². The summed E-state index contributed by atoms with van der Waals surface area (Å²) in [6.07, 6.45) is 6.08. The Kier molecular flexibility index (Phi) is 6.05. The van der Waals surface area contributed by atoms with Crippen LogP contribution in [0.1, 0.15) is 49.4 Å². The standard InChI is InChI=1S/C19H24N4O3S/c1-12(18(25)26)20-16(24)13-8-10-14(11-9-13)17-22-23(2)19(27-17)21-15-6-4-3-5-7-15/h8-12,15H,3-7H2,1-2H3,(H,20,24)(H,25,26). The van der Waals surface area contributed by atoms with Gasteiger partial charge in [-0.3, -0.25) is 14.6 Å². The number of hydrogen-bond acceptors (Lipinski definition) is 5. The molecule has 0 aliphatic heterocycles. The van der Waals surface area contributed by atoms with Crippen LogP contribution in [0.3, 0.4) is 0 Å². The highest BCUT2D eigenvalue weighted by atomic mass is 32.1. The Bertz CT molecular complexity index is 879. The zero-order valence-corrected chi connectivity index (χ0v) is 16.3. The minimum atomic E-state index is -1.07. The van der Waals surface area contributed by atoms with Gasteiger partial charge in [-0.15, -0.1) is 0 Å². The molecule has 0 radical (unpaired) electrons. The van der Waals surface area contributed by atoms with Crippen molar-refractivity contribution in [2.24, 2.45) is 12.0 Å². The maximum absolute atomic E-state index is 12.1. The summed E-state index contributed by atoms with van der Waals surface area (Å²) in [5, 5.41) is 16.7. The molecule has 1 amide bonds. The predicted octanol–water partition coefficient (Wildman–Crippen LogP) is 2.58. The van der Waals surface area contributed by atoms with Crippen molar-refractivity contribution in [3.63, 3.8) is 0 Å². The summed E-state index contributed by atoms with van der Waals surface area (Å²) in [5.41, 5.74) is 1.32. The highest BCUT2D eigenvalue weighted by Gasteiger charge is 2.16. The summed E-state index contributed by atoms with van der Waals surface area (Å²) < 4.78 is 1.81. The van der Waals surface area contributed by atoms with Gasteiger partial charge in [0, 0.05) is 18.2 Å². The van der Waals surface area contributed by atoms with Gasteiger partial charge in [0.05, 0.1) is 6.04 Å². The van der Waals surface area contributed by atoms with E-state index in [0.29, 0.717) is 11.6 Å². The lowest BCUT2D eigenvalue weighted by atomic mass is 9.96. The normalized spacial score (nSPS) is 16.9. The molecule has 1 aromatic heterocycles. The molecule has 1 aromatic carbocycles. The quantitative estimate of drug-likeness (QED) is 0.823. The number of nitrogens with zero attached hydrogens (tertiary/aromatic N) is 3. The summed E-state index contributed by atoms with van der Waals surface area (Å²) in [7, 11) is 1.90. The summed E-state index contributed by atoms with van der Waals surface area (Å²) in [6, 6.07) is 6.46. The number of aromatic nitrogens is 2. The van der Waals surface area contributed by atoms with Gasteiger partial charge in [0.15, 0.2) is 0 Å². The van der Waals surface area contributed by atoms with Gasteiger partial charge in [-0.25, -0.2) is 4.68 Å². The number of carboxylic acids is 1. The molecular formula is C19H24N4O3S. The van der Waals surface area contributed by atoms with Gasteiger partial charge in [0.2, 0.25) is 4.80 Å². The van der Waals surface area contributed by atoms with Crippen molar-refractivity contribution in [1.29, 1.82) is 0 Å². The van der Waals surface area contributed by atoms with Crippen molar-refractivity contribution in [1.82, 2.24) is 15.1 Å². The van der Waals surface area contributed by atoms with Crippen molar-refractivity contribution in [2.75, 3.05) is 0 Å². The number of aryl methyl sites for hydroxylation is 1. The number of carboxylic acid groups (broad SMARTS) is 1. The maximum Gasteiger partial charge on any atom is 0.325 e. The van der Waals surface area contributed by atoms with Gasteiger partial charge in [-0.1, -0.05) is 42.7 Å². The number of benzene rings is 1. The largest absolute Gasteiger partial charge is 0.480 e. The van der Waals surface area contributed by atoms with E-state index < -0.39 is 17.9 Å². The Hall–Kier alpha value is -2.48. The molecular weight excluding hydrogens is 364 g/mol. The van der Waals surface area contributed by atoms with E-state index in [1.165, 1.54) is 26.2 Å². The number of hydrogen-bond donors (Lipinski definition) is 2. The minimum absolute atomic E-state index is 0.389. The van der Waals surface area contributed by atoms with Crippen LogP contribution in [0.2, 0.25) is 0 Å². The van der Waals surface area contributed by atoms with E-state index in [-0.39, 0.29) is 0 Å². The van der Waals surface area contributed by atoms with E-state index in [9.17, 15) is 9.59 Å². The molecule has 27 heavy (non-hydrogen) atoms. The summed E-state index contributed by atoms with van der Waals surface area (Å²) >= 11 is 1.54. The zero-order chi connectivity index (χ0) is 19.4. The van der Waals surface area contributed by atoms with E-state index in [2.05, 4.69) is 10.4 Å². The van der Waals surface area contributed by atoms with Crippen LogP contribution in [0.5, 0.6) is 0 Å². The molecule has 1 atom stereocenters. The fraction of sp³-hybridized carbons (Fsp3) is 0.474. The fourth-order valence-electron chi connectivity index (χ4n) is 3.05. The third-order valence-corrected chi connectivity index (χ3v) is 5.75. The maximum atomic E-state index is 12.1. The van der Waals surface area contributed by atoms with Crippen LogP contribution in [0.25, 0.3) is 10.6 Å². The summed E-state index contributed by atoms with van der Waals surface area (Å²) in [6.45, 7) is 1.43. The van der Waals surface area contributed by atoms with E-state index in [1.54, 1.807) is 23.5 Å². The van der Waals surface area contributed by atoms with E-state index in [1.807, 2.05) is 23.9 Å². The Balaban J connectivity index is 1.75. The smallest absolute Gasteiger partial charge is 0.325 e. The van der Waals surface area contributed by atoms with Crippen LogP contribution < -0.4 is 10.1 Å². The molecule has 1 aliphatic rings. The SMILES string of the molecule is CC(NC(=O)c1ccc(-c2nn(C)c(=NC3CCCCC3)s2)cc1)C(=O)O. The highest BCUT2D eigenvalue weighted by molar-refractivity contribution is 7.12. The molecule has 2 aromatic rings. The van der Waals surface area contributed by atoms with Gasteiger partial charge >= 0.3 is 5.97 Å². The van der Waals surface area contributed by atoms with E-state index >= 15 is 0 Å². The first kappa shape index (κ1) is 19.3. The van der Waals surface area contributed by atoms with Crippen LogP contribution in [0.4, 0.5) is 0 Å². The molecule has 3 rings (SSSR count). The average molecular weight is 388 g/mol. The van der Waals surface area contributed by atoms with Crippen molar-refractivity contribution in [3.05, 3.63) is 34.6 Å². The van der Waals surface area contributed by atoms with Gasteiger partial charge in [0.1, 0.15) is 11.0 Å². The molecule has 1 unspecified atom stereocenters. The Morgan fingerprint density at radius 2 is 1.93 bits per heavy atom. The Labute approximate surface area is 161 Å². The number of aliphatic carboxylic acids is 1. The lowest BCUT2D eigenvalue weighted by Gasteiger charge is -2.16. The van der Waals surface area contributed by atoms with Gasteiger partial charge in [-0.2, -0.15) is 5.10 Å². The van der Waals surface area contributed by atoms with Crippen molar-refractivity contribution in [3.8, 4) is 10.6 Å². The minimum Gasteiger partial charge on any atom is -0.480 e. The second kappa shape index (κ2) is 8.47. The van der Waals surface area contributed by atoms with Crippen LogP contribution in [-0.4, -0.2) is 38.8 Å². The van der Waals surface area contributed by atoms with Crippen molar-refractivity contribution < 1.29 is 14.7 Å². The van der Waals surface area contributed by atoms with E-state index in [4.69, 9.17) is 10.1 Å². The van der Waals surface area contributed by atoms with Crippen LogP contribution >= 0.6 is 11.3 Å². The second-order valence-corrected chi connectivity index (χ2v) is 7.80. The van der Waals surface area contributed by atoms with Crippen molar-refractivity contribution >= 4 is 23.2 Å². The molecule has 8 heteroatoms. The second-order valence-electron chi connectivity index (χ2n) is 6.85. The molecule has 0 saturated heterocycles. The van der Waals surface area contributed by atoms with Gasteiger partial charge in [0.25, 0.3) is 5.91 Å². The first-order valence-electron chi connectivity index (χ1n) is 9.16. The predicted molar refractivity (Wildman–Crippen MR) is 104 cm³/mol. The van der Waals surface area contributed by atoms with E-state index in [0.717, 1.165) is 28.2 Å². The van der Waals surface area contributed by atoms with Crippen LogP contribution in [-0.2, 0) is 11.8 Å².